The molecular formula is C19H25N3O2S. The highest BCUT2D eigenvalue weighted by molar-refractivity contribution is 7.16. The van der Waals surface area contributed by atoms with E-state index in [0.29, 0.717) is 23.0 Å². The maximum Gasteiger partial charge on any atom is 0.226 e. The fourth-order valence-electron chi connectivity index (χ4n) is 3.43. The van der Waals surface area contributed by atoms with Crippen molar-refractivity contribution >= 4 is 28.2 Å². The third-order valence-electron chi connectivity index (χ3n) is 5.13. The molecule has 2 atom stereocenters. The second-order valence-corrected chi connectivity index (χ2v) is 8.25. The van der Waals surface area contributed by atoms with Crippen LogP contribution >= 0.6 is 11.3 Å². The van der Waals surface area contributed by atoms with E-state index in [2.05, 4.69) is 23.6 Å². The molecule has 1 aromatic rings. The summed E-state index contributed by atoms with van der Waals surface area (Å²) in [6.45, 7) is 2.41. The third kappa shape index (κ3) is 4.40. The molecule has 2 N–H and O–H groups in total. The van der Waals surface area contributed by atoms with E-state index in [1.54, 1.807) is 11.3 Å². The van der Waals surface area contributed by atoms with Crippen LogP contribution in [0.15, 0.2) is 0 Å². The largest absolute Gasteiger partial charge is 0.355 e. The minimum Gasteiger partial charge on any atom is -0.355 e. The van der Waals surface area contributed by atoms with Crippen molar-refractivity contribution in [1.82, 2.24) is 5.32 Å². The normalized spacial score (nSPS) is 22.1. The monoisotopic (exact) mass is 359 g/mol. The SMILES string of the molecule is C[C@H]1C[C@H]1C(=O)NCCC(=O)Nc1sc2c(c1C#N)CCCCCC2. The molecule has 2 amide bonds. The minimum absolute atomic E-state index is 0.0529. The quantitative estimate of drug-likeness (QED) is 0.845. The van der Waals surface area contributed by atoms with Gasteiger partial charge in [-0.15, -0.1) is 11.3 Å². The summed E-state index contributed by atoms with van der Waals surface area (Å²) in [5.41, 5.74) is 1.78. The smallest absolute Gasteiger partial charge is 0.226 e. The molecule has 2 aliphatic rings. The van der Waals surface area contributed by atoms with Crippen LogP contribution in [0.2, 0.25) is 0 Å². The molecule has 0 radical (unpaired) electrons. The average Bonchev–Trinajstić information content (AvgIpc) is 3.21. The molecule has 0 aliphatic heterocycles. The second kappa shape index (κ2) is 8.01. The molecule has 0 saturated heterocycles. The first-order valence-corrected chi connectivity index (χ1v) is 10.0. The Balaban J connectivity index is 1.56. The van der Waals surface area contributed by atoms with E-state index < -0.39 is 0 Å². The summed E-state index contributed by atoms with van der Waals surface area (Å²) in [5.74, 6) is 0.509. The van der Waals surface area contributed by atoms with Crippen LogP contribution in [0.5, 0.6) is 0 Å². The first-order valence-electron chi connectivity index (χ1n) is 9.22. The molecule has 1 saturated carbocycles. The highest BCUT2D eigenvalue weighted by Crippen LogP contribution is 2.38. The topological polar surface area (TPSA) is 82.0 Å². The number of fused-ring (bicyclic) bond motifs is 1. The van der Waals surface area contributed by atoms with Gasteiger partial charge >= 0.3 is 0 Å². The van der Waals surface area contributed by atoms with Crippen molar-refractivity contribution in [3.63, 3.8) is 0 Å². The van der Waals surface area contributed by atoms with E-state index in [1.807, 2.05) is 0 Å². The van der Waals surface area contributed by atoms with Gasteiger partial charge in [-0.3, -0.25) is 9.59 Å². The van der Waals surface area contributed by atoms with Crippen LogP contribution in [0.4, 0.5) is 5.00 Å². The summed E-state index contributed by atoms with van der Waals surface area (Å²) >= 11 is 1.55. The van der Waals surface area contributed by atoms with Crippen LogP contribution < -0.4 is 10.6 Å². The van der Waals surface area contributed by atoms with E-state index in [9.17, 15) is 14.9 Å². The Bertz CT molecular complexity index is 704. The van der Waals surface area contributed by atoms with Crippen LogP contribution in [0, 0.1) is 23.2 Å². The zero-order valence-corrected chi connectivity index (χ0v) is 15.5. The van der Waals surface area contributed by atoms with E-state index in [4.69, 9.17) is 0 Å². The number of nitriles is 1. The van der Waals surface area contributed by atoms with Crippen LogP contribution in [0.3, 0.4) is 0 Å². The van der Waals surface area contributed by atoms with Crippen molar-refractivity contribution in [3.05, 3.63) is 16.0 Å². The number of amides is 2. The standard InChI is InChI=1S/C19H25N3O2S/c1-12-10-14(12)18(24)21-9-8-17(23)22-19-15(11-20)13-6-4-2-3-5-7-16(13)25-19/h12,14H,2-10H2,1H3,(H,21,24)(H,22,23)/t12-,14+/m0/s1. The van der Waals surface area contributed by atoms with Gasteiger partial charge in [0.05, 0.1) is 5.56 Å². The lowest BCUT2D eigenvalue weighted by Crippen LogP contribution is -2.29. The van der Waals surface area contributed by atoms with Crippen LogP contribution in [-0.4, -0.2) is 18.4 Å². The van der Waals surface area contributed by atoms with Gasteiger partial charge in [-0.05, 0) is 43.6 Å². The second-order valence-electron chi connectivity index (χ2n) is 7.14. The van der Waals surface area contributed by atoms with Crippen molar-refractivity contribution in [2.24, 2.45) is 11.8 Å². The van der Waals surface area contributed by atoms with E-state index >= 15 is 0 Å². The van der Waals surface area contributed by atoms with Crippen LogP contribution in [0.25, 0.3) is 0 Å². The van der Waals surface area contributed by atoms with E-state index in [1.165, 1.54) is 17.7 Å². The van der Waals surface area contributed by atoms with E-state index in [0.717, 1.165) is 37.7 Å². The van der Waals surface area contributed by atoms with Crippen molar-refractivity contribution in [3.8, 4) is 6.07 Å². The van der Waals surface area contributed by atoms with Gasteiger partial charge in [0.25, 0.3) is 0 Å². The summed E-state index contributed by atoms with van der Waals surface area (Å²) in [7, 11) is 0. The Morgan fingerprint density at radius 3 is 2.64 bits per heavy atom. The van der Waals surface area contributed by atoms with Gasteiger partial charge in [-0.25, -0.2) is 0 Å². The van der Waals surface area contributed by atoms with Crippen molar-refractivity contribution < 1.29 is 9.59 Å². The number of carbonyl (C=O) groups excluding carboxylic acids is 2. The summed E-state index contributed by atoms with van der Waals surface area (Å²) in [5, 5.41) is 15.9. The Morgan fingerprint density at radius 1 is 1.24 bits per heavy atom. The molecule has 1 aromatic heterocycles. The molecule has 134 valence electrons. The number of nitrogens with one attached hydrogen (secondary N) is 2. The lowest BCUT2D eigenvalue weighted by molar-refractivity contribution is -0.122. The van der Waals surface area contributed by atoms with Crippen LogP contribution in [-0.2, 0) is 22.4 Å². The number of carbonyl (C=O) groups is 2. The molecule has 0 spiro atoms. The predicted molar refractivity (Wildman–Crippen MR) is 98.4 cm³/mol. The zero-order valence-electron chi connectivity index (χ0n) is 14.7. The molecule has 3 rings (SSSR count). The van der Waals surface area contributed by atoms with Gasteiger partial charge in [0.2, 0.25) is 11.8 Å². The highest BCUT2D eigenvalue weighted by atomic mass is 32.1. The van der Waals surface area contributed by atoms with Crippen molar-refractivity contribution in [2.75, 3.05) is 11.9 Å². The van der Waals surface area contributed by atoms with Gasteiger partial charge in [0.1, 0.15) is 11.1 Å². The summed E-state index contributed by atoms with van der Waals surface area (Å²) in [6, 6.07) is 2.29. The molecule has 0 aromatic carbocycles. The first-order chi connectivity index (χ1) is 12.1. The van der Waals surface area contributed by atoms with Gasteiger partial charge in [-0.1, -0.05) is 19.8 Å². The van der Waals surface area contributed by atoms with Crippen molar-refractivity contribution in [2.45, 2.75) is 58.3 Å². The molecule has 1 heterocycles. The number of hydrogen-bond acceptors (Lipinski definition) is 4. The maximum atomic E-state index is 12.2. The molecule has 25 heavy (non-hydrogen) atoms. The molecule has 5 nitrogen and oxygen atoms in total. The zero-order chi connectivity index (χ0) is 17.8. The summed E-state index contributed by atoms with van der Waals surface area (Å²) in [6.07, 6.45) is 7.82. The van der Waals surface area contributed by atoms with Gasteiger partial charge in [-0.2, -0.15) is 5.26 Å². The molecule has 1 fully saturated rings. The lowest BCUT2D eigenvalue weighted by atomic mass is 9.97. The van der Waals surface area contributed by atoms with Gasteiger partial charge < -0.3 is 10.6 Å². The number of aryl methyl sites for hydroxylation is 1. The number of nitrogens with zero attached hydrogens (tertiary/aromatic N) is 1. The summed E-state index contributed by atoms with van der Waals surface area (Å²) < 4.78 is 0. The minimum atomic E-state index is -0.144. The number of rotatable bonds is 5. The fourth-order valence-corrected chi connectivity index (χ4v) is 4.69. The number of hydrogen-bond donors (Lipinski definition) is 2. The highest BCUT2D eigenvalue weighted by Gasteiger charge is 2.38. The molecule has 0 bridgehead atoms. The maximum absolute atomic E-state index is 12.2. The first kappa shape index (κ1) is 17.9. The average molecular weight is 359 g/mol. The molecule has 6 heteroatoms. The number of thiophene rings is 1. The number of anilines is 1. The molecule has 0 unspecified atom stereocenters. The molecule has 2 aliphatic carbocycles. The third-order valence-corrected chi connectivity index (χ3v) is 6.34. The van der Waals surface area contributed by atoms with E-state index in [-0.39, 0.29) is 24.2 Å². The van der Waals surface area contributed by atoms with Crippen LogP contribution in [0.1, 0.15) is 61.5 Å². The predicted octanol–water partition coefficient (Wildman–Crippen LogP) is 3.38. The Hall–Kier alpha value is -1.87. The molecular weight excluding hydrogens is 334 g/mol. The van der Waals surface area contributed by atoms with Gasteiger partial charge in [0, 0.05) is 23.8 Å². The Morgan fingerprint density at radius 2 is 1.96 bits per heavy atom. The van der Waals surface area contributed by atoms with Gasteiger partial charge in [0.15, 0.2) is 0 Å². The lowest BCUT2D eigenvalue weighted by Gasteiger charge is -2.08. The Kier molecular flexibility index (Phi) is 5.74. The summed E-state index contributed by atoms with van der Waals surface area (Å²) in [4.78, 5) is 25.2. The Labute approximate surface area is 152 Å². The van der Waals surface area contributed by atoms with Crippen molar-refractivity contribution in [1.29, 1.82) is 5.26 Å². The fraction of sp³-hybridized carbons (Fsp3) is 0.632.